The highest BCUT2D eigenvalue weighted by Gasteiger charge is 2.23. The predicted octanol–water partition coefficient (Wildman–Crippen LogP) is 4.81. The van der Waals surface area contributed by atoms with Gasteiger partial charge in [0.1, 0.15) is 11.9 Å². The minimum atomic E-state index is 0.370. The summed E-state index contributed by atoms with van der Waals surface area (Å²) in [4.78, 5) is 0. The monoisotopic (exact) mass is 289 g/mol. The summed E-state index contributed by atoms with van der Waals surface area (Å²) in [6.07, 6.45) is 6.48. The fraction of sp³-hybridized carbons (Fsp3) is 0.684. The van der Waals surface area contributed by atoms with E-state index in [4.69, 9.17) is 4.74 Å². The summed E-state index contributed by atoms with van der Waals surface area (Å²) in [6.45, 7) is 9.97. The summed E-state index contributed by atoms with van der Waals surface area (Å²) in [6, 6.07) is 7.29. The molecule has 1 aliphatic rings. The Morgan fingerprint density at radius 3 is 2.81 bits per heavy atom. The Morgan fingerprint density at radius 2 is 2.10 bits per heavy atom. The van der Waals surface area contributed by atoms with Crippen LogP contribution in [-0.4, -0.2) is 18.7 Å². The zero-order chi connectivity index (χ0) is 15.2. The van der Waals surface area contributed by atoms with E-state index in [0.29, 0.717) is 18.1 Å². The van der Waals surface area contributed by atoms with Crippen LogP contribution in [-0.2, 0) is 0 Å². The molecule has 1 saturated carbocycles. The van der Waals surface area contributed by atoms with Crippen molar-refractivity contribution in [3.8, 4) is 5.75 Å². The Kier molecular flexibility index (Phi) is 6.10. The zero-order valence-corrected chi connectivity index (χ0v) is 14.1. The Hall–Kier alpha value is -1.02. The first kappa shape index (κ1) is 16.4. The number of hydrogen-bond donors (Lipinski definition) is 1. The van der Waals surface area contributed by atoms with Crippen molar-refractivity contribution in [2.45, 2.75) is 77.9 Å². The molecule has 2 heteroatoms. The third kappa shape index (κ3) is 4.74. The molecule has 2 unspecified atom stereocenters. The van der Waals surface area contributed by atoms with Crippen molar-refractivity contribution in [3.63, 3.8) is 0 Å². The summed E-state index contributed by atoms with van der Waals surface area (Å²) in [5.41, 5.74) is 2.62. The lowest BCUT2D eigenvalue weighted by molar-refractivity contribution is 0.134. The second kappa shape index (κ2) is 7.84. The number of hydrogen-bond acceptors (Lipinski definition) is 2. The van der Waals surface area contributed by atoms with E-state index in [-0.39, 0.29) is 0 Å². The minimum absolute atomic E-state index is 0.370. The van der Waals surface area contributed by atoms with E-state index in [1.807, 2.05) is 0 Å². The highest BCUT2D eigenvalue weighted by Crippen LogP contribution is 2.29. The van der Waals surface area contributed by atoms with Gasteiger partial charge in [0.15, 0.2) is 0 Å². The van der Waals surface area contributed by atoms with Crippen molar-refractivity contribution in [1.82, 2.24) is 5.32 Å². The van der Waals surface area contributed by atoms with Gasteiger partial charge in [-0.1, -0.05) is 32.9 Å². The maximum Gasteiger partial charge on any atom is 0.122 e. The first-order chi connectivity index (χ1) is 10.1. The van der Waals surface area contributed by atoms with Gasteiger partial charge in [0.2, 0.25) is 0 Å². The summed E-state index contributed by atoms with van der Waals surface area (Å²) in [5, 5.41) is 3.65. The Balaban J connectivity index is 1.98. The van der Waals surface area contributed by atoms with Gasteiger partial charge in [0.05, 0.1) is 0 Å². The molecule has 0 radical (unpaired) electrons. The molecule has 0 saturated heterocycles. The molecular formula is C19H31NO. The van der Waals surface area contributed by atoms with Gasteiger partial charge in [0.25, 0.3) is 0 Å². The minimum Gasteiger partial charge on any atom is -0.490 e. The van der Waals surface area contributed by atoms with Crippen LogP contribution in [0.25, 0.3) is 0 Å². The molecule has 118 valence electrons. The van der Waals surface area contributed by atoms with Crippen molar-refractivity contribution in [2.24, 2.45) is 0 Å². The zero-order valence-electron chi connectivity index (χ0n) is 14.1. The van der Waals surface area contributed by atoms with E-state index in [1.54, 1.807) is 0 Å². The molecule has 2 atom stereocenters. The van der Waals surface area contributed by atoms with E-state index in [9.17, 15) is 0 Å². The third-order valence-corrected chi connectivity index (χ3v) is 4.48. The summed E-state index contributed by atoms with van der Waals surface area (Å²) in [7, 11) is 0. The number of aryl methyl sites for hydroxylation is 1. The third-order valence-electron chi connectivity index (χ3n) is 4.48. The van der Waals surface area contributed by atoms with E-state index < -0.39 is 0 Å². The van der Waals surface area contributed by atoms with Crippen LogP contribution in [0.3, 0.4) is 0 Å². The first-order valence-electron chi connectivity index (χ1n) is 8.60. The molecule has 1 aromatic carbocycles. The number of rotatable bonds is 6. The molecule has 1 aliphatic carbocycles. The van der Waals surface area contributed by atoms with Crippen LogP contribution in [0.1, 0.15) is 69.9 Å². The summed E-state index contributed by atoms with van der Waals surface area (Å²) >= 11 is 0. The highest BCUT2D eigenvalue weighted by atomic mass is 16.5. The Labute approximate surface area is 130 Å². The second-order valence-corrected chi connectivity index (χ2v) is 6.74. The Bertz CT molecular complexity index is 441. The van der Waals surface area contributed by atoms with Crippen molar-refractivity contribution < 1.29 is 4.74 Å². The first-order valence-corrected chi connectivity index (χ1v) is 8.60. The molecule has 21 heavy (non-hydrogen) atoms. The SMILES string of the molecule is CCCNC1CCCC(Oc2cc(C(C)C)ccc2C)C1. The lowest BCUT2D eigenvalue weighted by atomic mass is 9.92. The number of benzene rings is 1. The molecular weight excluding hydrogens is 258 g/mol. The normalized spacial score (nSPS) is 22.5. The van der Waals surface area contributed by atoms with Crippen molar-refractivity contribution >= 4 is 0 Å². The number of ether oxygens (including phenoxy) is 1. The van der Waals surface area contributed by atoms with Gasteiger partial charge in [0, 0.05) is 6.04 Å². The smallest absolute Gasteiger partial charge is 0.122 e. The lowest BCUT2D eigenvalue weighted by Gasteiger charge is -2.31. The standard InChI is InChI=1S/C19H31NO/c1-5-11-20-17-7-6-8-18(13-17)21-19-12-16(14(2)3)10-9-15(19)4/h9-10,12,14,17-18,20H,5-8,11,13H2,1-4H3. The quantitative estimate of drug-likeness (QED) is 0.811. The summed E-state index contributed by atoms with van der Waals surface area (Å²) in [5.74, 6) is 1.64. The van der Waals surface area contributed by atoms with Crippen molar-refractivity contribution in [3.05, 3.63) is 29.3 Å². The topological polar surface area (TPSA) is 21.3 Å². The van der Waals surface area contributed by atoms with Gasteiger partial charge in [-0.05, 0) is 68.7 Å². The van der Waals surface area contributed by atoms with Gasteiger partial charge in [-0.2, -0.15) is 0 Å². The maximum absolute atomic E-state index is 6.35. The molecule has 1 aromatic rings. The molecule has 0 aliphatic heterocycles. The van der Waals surface area contributed by atoms with Gasteiger partial charge in [-0.3, -0.25) is 0 Å². The van der Waals surface area contributed by atoms with Crippen LogP contribution in [0.15, 0.2) is 18.2 Å². The predicted molar refractivity (Wildman–Crippen MR) is 90.2 cm³/mol. The average molecular weight is 289 g/mol. The van der Waals surface area contributed by atoms with Gasteiger partial charge in [-0.25, -0.2) is 0 Å². The van der Waals surface area contributed by atoms with Crippen LogP contribution in [0, 0.1) is 6.92 Å². The fourth-order valence-corrected chi connectivity index (χ4v) is 3.07. The molecule has 0 spiro atoms. The van der Waals surface area contributed by atoms with Crippen LogP contribution >= 0.6 is 0 Å². The molecule has 1 fully saturated rings. The van der Waals surface area contributed by atoms with Gasteiger partial charge >= 0.3 is 0 Å². The average Bonchev–Trinajstić information content (AvgIpc) is 2.47. The molecule has 2 nitrogen and oxygen atoms in total. The van der Waals surface area contributed by atoms with Crippen molar-refractivity contribution in [2.75, 3.05) is 6.54 Å². The largest absolute Gasteiger partial charge is 0.490 e. The van der Waals surface area contributed by atoms with Crippen LogP contribution in [0.5, 0.6) is 5.75 Å². The lowest BCUT2D eigenvalue weighted by Crippen LogP contribution is -2.38. The van der Waals surface area contributed by atoms with Gasteiger partial charge in [-0.15, -0.1) is 0 Å². The molecule has 0 aromatic heterocycles. The van der Waals surface area contributed by atoms with E-state index in [2.05, 4.69) is 51.2 Å². The van der Waals surface area contributed by atoms with E-state index in [1.165, 1.54) is 36.8 Å². The molecule has 0 amide bonds. The highest BCUT2D eigenvalue weighted by molar-refractivity contribution is 5.38. The number of nitrogens with one attached hydrogen (secondary N) is 1. The fourth-order valence-electron chi connectivity index (χ4n) is 3.07. The van der Waals surface area contributed by atoms with Crippen LogP contribution < -0.4 is 10.1 Å². The maximum atomic E-state index is 6.35. The second-order valence-electron chi connectivity index (χ2n) is 6.74. The van der Waals surface area contributed by atoms with Crippen molar-refractivity contribution in [1.29, 1.82) is 0 Å². The van der Waals surface area contributed by atoms with E-state index >= 15 is 0 Å². The van der Waals surface area contributed by atoms with Gasteiger partial charge < -0.3 is 10.1 Å². The van der Waals surface area contributed by atoms with Crippen LogP contribution in [0.4, 0.5) is 0 Å². The molecule has 1 N–H and O–H groups in total. The molecule has 2 rings (SSSR count). The molecule has 0 bridgehead atoms. The van der Waals surface area contributed by atoms with Crippen LogP contribution in [0.2, 0.25) is 0 Å². The van der Waals surface area contributed by atoms with E-state index in [0.717, 1.165) is 18.7 Å². The summed E-state index contributed by atoms with van der Waals surface area (Å²) < 4.78 is 6.35. The molecule has 0 heterocycles. The Morgan fingerprint density at radius 1 is 1.29 bits per heavy atom.